The Kier molecular flexibility index (Phi) is 7.01. The minimum Gasteiger partial charge on any atom is -0.489 e. The van der Waals surface area contributed by atoms with Gasteiger partial charge in [-0.25, -0.2) is 14.8 Å². The van der Waals surface area contributed by atoms with Crippen molar-refractivity contribution in [2.45, 2.75) is 32.4 Å². The summed E-state index contributed by atoms with van der Waals surface area (Å²) in [6, 6.07) is 5.19. The van der Waals surface area contributed by atoms with E-state index in [2.05, 4.69) is 30.3 Å². The fraction of sp³-hybridized carbons (Fsp3) is 0.400. The molecule has 4 rings (SSSR count). The van der Waals surface area contributed by atoms with Crippen molar-refractivity contribution in [2.24, 2.45) is 0 Å². The van der Waals surface area contributed by atoms with Gasteiger partial charge in [-0.05, 0) is 24.3 Å². The number of ether oxygens (including phenoxy) is 2. The molecule has 1 aliphatic rings. The van der Waals surface area contributed by atoms with Gasteiger partial charge in [0.1, 0.15) is 11.9 Å². The average Bonchev–Trinajstić information content (AvgIpc) is 3.25. The number of carbonyl (C=O) groups excluding carboxylic acids is 1. The van der Waals surface area contributed by atoms with Gasteiger partial charge in [0, 0.05) is 49.4 Å². The first kappa shape index (κ1) is 22.2. The molecule has 0 radical (unpaired) electrons. The van der Waals surface area contributed by atoms with Crippen LogP contribution in [-0.4, -0.2) is 61.9 Å². The van der Waals surface area contributed by atoms with Crippen LogP contribution in [0.3, 0.4) is 0 Å². The van der Waals surface area contributed by atoms with Crippen LogP contribution in [0.25, 0.3) is 11.4 Å². The summed E-state index contributed by atoms with van der Waals surface area (Å²) < 4.78 is 10.9. The molecule has 0 saturated carbocycles. The summed E-state index contributed by atoms with van der Waals surface area (Å²) >= 11 is 12.2. The van der Waals surface area contributed by atoms with Gasteiger partial charge >= 0.3 is 5.97 Å². The number of hydrogen-bond donors (Lipinski definition) is 0. The molecule has 0 amide bonds. The van der Waals surface area contributed by atoms with E-state index in [0.717, 1.165) is 25.9 Å². The molecule has 168 valence electrons. The van der Waals surface area contributed by atoms with Crippen molar-refractivity contribution in [3.63, 3.8) is 0 Å². The van der Waals surface area contributed by atoms with Crippen LogP contribution in [-0.2, 0) is 16.1 Å². The van der Waals surface area contributed by atoms with Crippen LogP contribution in [0.1, 0.15) is 19.8 Å². The number of anilines is 1. The third-order valence-electron chi connectivity index (χ3n) is 4.84. The van der Waals surface area contributed by atoms with Crippen molar-refractivity contribution in [3.05, 3.63) is 40.6 Å². The highest BCUT2D eigenvalue weighted by molar-refractivity contribution is 6.34. The summed E-state index contributed by atoms with van der Waals surface area (Å²) in [5, 5.41) is 13.1. The first-order chi connectivity index (χ1) is 15.5. The minimum atomic E-state index is -0.423. The number of tetrazole rings is 1. The molecular formula is C20H21Cl2N7O3. The summed E-state index contributed by atoms with van der Waals surface area (Å²) in [6.07, 6.45) is 4.93. The number of nitrogens with zero attached hydrogens (tertiary/aromatic N) is 7. The van der Waals surface area contributed by atoms with E-state index in [4.69, 9.17) is 32.7 Å². The Morgan fingerprint density at radius 2 is 1.94 bits per heavy atom. The van der Waals surface area contributed by atoms with Crippen LogP contribution in [0.2, 0.25) is 10.0 Å². The van der Waals surface area contributed by atoms with E-state index >= 15 is 0 Å². The second-order valence-corrected chi connectivity index (χ2v) is 7.94. The standard InChI is InChI=1S/C20H21Cl2N7O3/c1-2-31-18(30)12-29-26-19(25-27-29)13-10-23-20(24-11-13)28-7-5-15(6-8-28)32-17-9-14(21)3-4-16(17)22/h3-4,9-11,15H,2,5-8,12H2,1H3. The van der Waals surface area contributed by atoms with Crippen LogP contribution >= 0.6 is 23.2 Å². The molecule has 0 atom stereocenters. The predicted molar refractivity (Wildman–Crippen MR) is 118 cm³/mol. The number of piperidine rings is 1. The van der Waals surface area contributed by atoms with Gasteiger partial charge in [0.2, 0.25) is 11.8 Å². The summed E-state index contributed by atoms with van der Waals surface area (Å²) in [6.45, 7) is 3.43. The number of benzene rings is 1. The normalized spacial score (nSPS) is 14.4. The van der Waals surface area contributed by atoms with Gasteiger partial charge in [-0.1, -0.05) is 23.2 Å². The van der Waals surface area contributed by atoms with Gasteiger partial charge in [0.05, 0.1) is 17.2 Å². The number of aromatic nitrogens is 6. The molecule has 10 nitrogen and oxygen atoms in total. The largest absolute Gasteiger partial charge is 0.489 e. The van der Waals surface area contributed by atoms with E-state index in [1.807, 2.05) is 0 Å². The van der Waals surface area contributed by atoms with Crippen LogP contribution in [0.4, 0.5) is 5.95 Å². The van der Waals surface area contributed by atoms with Crippen molar-refractivity contribution in [2.75, 3.05) is 24.6 Å². The molecule has 1 saturated heterocycles. The zero-order valence-corrected chi connectivity index (χ0v) is 18.8. The van der Waals surface area contributed by atoms with Crippen molar-refractivity contribution < 1.29 is 14.3 Å². The monoisotopic (exact) mass is 477 g/mol. The smallest absolute Gasteiger partial charge is 0.329 e. The van der Waals surface area contributed by atoms with Crippen molar-refractivity contribution in [1.29, 1.82) is 0 Å². The molecule has 1 fully saturated rings. The maximum atomic E-state index is 11.5. The molecule has 3 heterocycles. The van der Waals surface area contributed by atoms with Gasteiger partial charge in [-0.15, -0.1) is 10.2 Å². The third-order valence-corrected chi connectivity index (χ3v) is 5.38. The molecule has 0 bridgehead atoms. The van der Waals surface area contributed by atoms with Crippen LogP contribution in [0, 0.1) is 0 Å². The van der Waals surface area contributed by atoms with Crippen molar-refractivity contribution >= 4 is 35.1 Å². The van der Waals surface area contributed by atoms with E-state index in [-0.39, 0.29) is 12.6 Å². The van der Waals surface area contributed by atoms with E-state index in [0.29, 0.717) is 39.7 Å². The SMILES string of the molecule is CCOC(=O)Cn1nnc(-c2cnc(N3CCC(Oc4cc(Cl)ccc4Cl)CC3)nc2)n1. The maximum Gasteiger partial charge on any atom is 0.329 e. The molecule has 3 aromatic rings. The van der Waals surface area contributed by atoms with Crippen LogP contribution in [0.15, 0.2) is 30.6 Å². The Bertz CT molecular complexity index is 1070. The zero-order valence-electron chi connectivity index (χ0n) is 17.3. The Morgan fingerprint density at radius 3 is 2.66 bits per heavy atom. The van der Waals surface area contributed by atoms with Crippen LogP contribution < -0.4 is 9.64 Å². The molecule has 32 heavy (non-hydrogen) atoms. The highest BCUT2D eigenvalue weighted by Gasteiger charge is 2.23. The molecule has 0 spiro atoms. The second-order valence-electron chi connectivity index (χ2n) is 7.10. The van der Waals surface area contributed by atoms with Crippen molar-refractivity contribution in [1.82, 2.24) is 30.2 Å². The summed E-state index contributed by atoms with van der Waals surface area (Å²) in [7, 11) is 0. The van der Waals surface area contributed by atoms with Gasteiger partial charge in [0.15, 0.2) is 6.54 Å². The summed E-state index contributed by atoms with van der Waals surface area (Å²) in [5.41, 5.74) is 0.609. The van der Waals surface area contributed by atoms with Gasteiger partial charge in [-0.3, -0.25) is 0 Å². The second kappa shape index (κ2) is 10.1. The lowest BCUT2D eigenvalue weighted by Gasteiger charge is -2.32. The molecular weight excluding hydrogens is 457 g/mol. The fourth-order valence-corrected chi connectivity index (χ4v) is 3.59. The van der Waals surface area contributed by atoms with E-state index in [1.165, 1.54) is 4.80 Å². The molecule has 0 aliphatic carbocycles. The quantitative estimate of drug-likeness (QED) is 0.474. The molecule has 0 N–H and O–H groups in total. The maximum absolute atomic E-state index is 11.5. The van der Waals surface area contributed by atoms with Gasteiger partial charge < -0.3 is 14.4 Å². The first-order valence-electron chi connectivity index (χ1n) is 10.1. The lowest BCUT2D eigenvalue weighted by Crippen LogP contribution is -2.39. The highest BCUT2D eigenvalue weighted by Crippen LogP contribution is 2.30. The lowest BCUT2D eigenvalue weighted by atomic mass is 10.1. The topological polar surface area (TPSA) is 108 Å². The lowest BCUT2D eigenvalue weighted by molar-refractivity contribution is -0.144. The molecule has 12 heteroatoms. The predicted octanol–water partition coefficient (Wildman–Crippen LogP) is 3.05. The average molecular weight is 478 g/mol. The number of halogens is 2. The van der Waals surface area contributed by atoms with E-state index in [9.17, 15) is 4.79 Å². The fourth-order valence-electron chi connectivity index (χ4n) is 3.27. The van der Waals surface area contributed by atoms with E-state index in [1.54, 1.807) is 37.5 Å². The highest BCUT2D eigenvalue weighted by atomic mass is 35.5. The molecule has 1 aromatic carbocycles. The van der Waals surface area contributed by atoms with Crippen LogP contribution in [0.5, 0.6) is 5.75 Å². The minimum absolute atomic E-state index is 0.0418. The molecule has 1 aliphatic heterocycles. The number of hydrogen-bond acceptors (Lipinski definition) is 9. The van der Waals surface area contributed by atoms with Gasteiger partial charge in [0.25, 0.3) is 0 Å². The Labute approximate surface area is 194 Å². The third kappa shape index (κ3) is 5.43. The Morgan fingerprint density at radius 1 is 1.19 bits per heavy atom. The summed E-state index contributed by atoms with van der Waals surface area (Å²) in [4.78, 5) is 23.7. The van der Waals surface area contributed by atoms with E-state index < -0.39 is 5.97 Å². The molecule has 2 aromatic heterocycles. The number of rotatable bonds is 7. The first-order valence-corrected chi connectivity index (χ1v) is 10.9. The number of esters is 1. The zero-order chi connectivity index (χ0) is 22.5. The Hall–Kier alpha value is -2.98. The Balaban J connectivity index is 1.33. The molecule has 0 unspecified atom stereocenters. The van der Waals surface area contributed by atoms with Crippen molar-refractivity contribution in [3.8, 4) is 17.1 Å². The van der Waals surface area contributed by atoms with Gasteiger partial charge in [-0.2, -0.15) is 4.80 Å². The number of carbonyl (C=O) groups is 1. The summed E-state index contributed by atoms with van der Waals surface area (Å²) in [5.74, 6) is 1.13.